The molecule has 0 radical (unpaired) electrons. The molecular weight excluding hydrogens is 220 g/mol. The van der Waals surface area contributed by atoms with E-state index in [9.17, 15) is 9.59 Å². The Morgan fingerprint density at radius 3 is 3.00 bits per heavy atom. The van der Waals surface area contributed by atoms with E-state index in [1.807, 2.05) is 0 Å². The third-order valence-corrected chi connectivity index (χ3v) is 3.29. The zero-order chi connectivity index (χ0) is 12.6. The van der Waals surface area contributed by atoms with Crippen LogP contribution in [0.3, 0.4) is 0 Å². The van der Waals surface area contributed by atoms with Crippen LogP contribution in [0.5, 0.6) is 0 Å². The van der Waals surface area contributed by atoms with Gasteiger partial charge in [-0.15, -0.1) is 0 Å². The van der Waals surface area contributed by atoms with Gasteiger partial charge in [-0.2, -0.15) is 5.10 Å². The Labute approximate surface area is 99.1 Å². The fourth-order valence-corrected chi connectivity index (χ4v) is 2.17. The molecule has 17 heavy (non-hydrogen) atoms. The minimum Gasteiger partial charge on any atom is -0.480 e. The third kappa shape index (κ3) is 2.23. The SMILES string of the molecule is C[C@H]1CCc2nn([C@H](C)C(=O)O)c(=O)cc2C1. The fraction of sp³-hybridized carbons (Fsp3) is 0.583. The van der Waals surface area contributed by atoms with Gasteiger partial charge in [0.05, 0.1) is 5.69 Å². The zero-order valence-corrected chi connectivity index (χ0v) is 10.0. The standard InChI is InChI=1S/C12H16N2O3/c1-7-3-4-10-9(5-7)6-11(15)14(13-10)8(2)12(16)17/h6-8H,3-5H2,1-2H3,(H,16,17)/t7-,8+/m0/s1. The van der Waals surface area contributed by atoms with Crippen molar-refractivity contribution in [2.24, 2.45) is 5.92 Å². The lowest BCUT2D eigenvalue weighted by atomic mass is 9.88. The van der Waals surface area contributed by atoms with Gasteiger partial charge in [0, 0.05) is 6.07 Å². The van der Waals surface area contributed by atoms with E-state index >= 15 is 0 Å². The second-order valence-corrected chi connectivity index (χ2v) is 4.76. The smallest absolute Gasteiger partial charge is 0.328 e. The minimum atomic E-state index is -1.04. The highest BCUT2D eigenvalue weighted by Gasteiger charge is 2.21. The number of carboxylic acid groups (broad SMARTS) is 1. The van der Waals surface area contributed by atoms with Gasteiger partial charge in [0.15, 0.2) is 6.04 Å². The maximum atomic E-state index is 11.8. The molecule has 2 atom stereocenters. The molecule has 1 aliphatic carbocycles. The van der Waals surface area contributed by atoms with Crippen LogP contribution in [0.4, 0.5) is 0 Å². The van der Waals surface area contributed by atoms with E-state index in [-0.39, 0.29) is 5.56 Å². The first kappa shape index (κ1) is 11.8. The van der Waals surface area contributed by atoms with E-state index in [2.05, 4.69) is 12.0 Å². The van der Waals surface area contributed by atoms with Crippen molar-refractivity contribution in [1.82, 2.24) is 9.78 Å². The van der Waals surface area contributed by atoms with Crippen molar-refractivity contribution < 1.29 is 9.90 Å². The average molecular weight is 236 g/mol. The van der Waals surface area contributed by atoms with Crippen LogP contribution >= 0.6 is 0 Å². The number of hydrogen-bond donors (Lipinski definition) is 1. The van der Waals surface area contributed by atoms with Gasteiger partial charge < -0.3 is 5.11 Å². The summed E-state index contributed by atoms with van der Waals surface area (Å²) in [6, 6.07) is 0.629. The minimum absolute atomic E-state index is 0.326. The quantitative estimate of drug-likeness (QED) is 0.832. The van der Waals surface area contributed by atoms with Crippen LogP contribution in [-0.2, 0) is 17.6 Å². The molecule has 1 aliphatic rings. The molecule has 5 nitrogen and oxygen atoms in total. The van der Waals surface area contributed by atoms with E-state index in [1.54, 1.807) is 0 Å². The highest BCUT2D eigenvalue weighted by atomic mass is 16.4. The monoisotopic (exact) mass is 236 g/mol. The lowest BCUT2D eigenvalue weighted by molar-refractivity contribution is -0.140. The molecule has 1 heterocycles. The summed E-state index contributed by atoms with van der Waals surface area (Å²) in [4.78, 5) is 22.7. The molecule has 0 spiro atoms. The Morgan fingerprint density at radius 1 is 1.65 bits per heavy atom. The Hall–Kier alpha value is -1.65. The van der Waals surface area contributed by atoms with Gasteiger partial charge in [-0.25, -0.2) is 9.48 Å². The van der Waals surface area contributed by atoms with Crippen LogP contribution in [0.25, 0.3) is 0 Å². The molecule has 0 unspecified atom stereocenters. The number of hydrogen-bond acceptors (Lipinski definition) is 3. The second kappa shape index (κ2) is 4.31. The molecule has 1 N–H and O–H groups in total. The van der Waals surface area contributed by atoms with Gasteiger partial charge in [-0.3, -0.25) is 4.79 Å². The number of nitrogens with zero attached hydrogens (tertiary/aromatic N) is 2. The normalized spacial score (nSPS) is 20.7. The van der Waals surface area contributed by atoms with Crippen LogP contribution in [0, 0.1) is 5.92 Å². The molecule has 5 heteroatoms. The lowest BCUT2D eigenvalue weighted by Crippen LogP contribution is -2.32. The van der Waals surface area contributed by atoms with Gasteiger partial charge in [-0.05, 0) is 37.7 Å². The van der Waals surface area contributed by atoms with Crippen molar-refractivity contribution >= 4 is 5.97 Å². The van der Waals surface area contributed by atoms with Gasteiger partial charge in [0.1, 0.15) is 0 Å². The highest BCUT2D eigenvalue weighted by molar-refractivity contribution is 5.71. The van der Waals surface area contributed by atoms with Crippen molar-refractivity contribution in [2.75, 3.05) is 0 Å². The molecule has 0 aromatic carbocycles. The van der Waals surface area contributed by atoms with E-state index < -0.39 is 12.0 Å². The molecule has 1 aromatic heterocycles. The Bertz CT molecular complexity index is 507. The first-order valence-corrected chi connectivity index (χ1v) is 5.83. The summed E-state index contributed by atoms with van der Waals surface area (Å²) < 4.78 is 1.07. The number of aliphatic carboxylic acids is 1. The van der Waals surface area contributed by atoms with Crippen LogP contribution in [0.15, 0.2) is 10.9 Å². The van der Waals surface area contributed by atoms with Gasteiger partial charge in [-0.1, -0.05) is 6.92 Å². The zero-order valence-electron chi connectivity index (χ0n) is 10.0. The van der Waals surface area contributed by atoms with Crippen LogP contribution in [-0.4, -0.2) is 20.9 Å². The van der Waals surface area contributed by atoms with Crippen molar-refractivity contribution in [3.05, 3.63) is 27.7 Å². The molecule has 0 saturated carbocycles. The number of fused-ring (bicyclic) bond motifs is 1. The maximum Gasteiger partial charge on any atom is 0.328 e. The van der Waals surface area contributed by atoms with Gasteiger partial charge in [0.2, 0.25) is 0 Å². The molecular formula is C12H16N2O3. The van der Waals surface area contributed by atoms with Crippen molar-refractivity contribution in [2.45, 2.75) is 39.2 Å². The lowest BCUT2D eigenvalue weighted by Gasteiger charge is -2.21. The number of carboxylic acids is 1. The molecule has 0 bridgehead atoms. The summed E-state index contributed by atoms with van der Waals surface area (Å²) in [5, 5.41) is 13.1. The van der Waals surface area contributed by atoms with Crippen LogP contribution < -0.4 is 5.56 Å². The summed E-state index contributed by atoms with van der Waals surface area (Å²) in [5.74, 6) is -0.472. The molecule has 2 rings (SSSR count). The first-order chi connectivity index (χ1) is 7.99. The third-order valence-electron chi connectivity index (χ3n) is 3.29. The Morgan fingerprint density at radius 2 is 2.35 bits per heavy atom. The largest absolute Gasteiger partial charge is 0.480 e. The molecule has 92 valence electrons. The number of carbonyl (C=O) groups is 1. The second-order valence-electron chi connectivity index (χ2n) is 4.76. The van der Waals surface area contributed by atoms with Crippen molar-refractivity contribution in [3.8, 4) is 0 Å². The Balaban J connectivity index is 2.45. The maximum absolute atomic E-state index is 11.8. The van der Waals surface area contributed by atoms with E-state index in [4.69, 9.17) is 5.11 Å². The number of aromatic nitrogens is 2. The van der Waals surface area contributed by atoms with Crippen molar-refractivity contribution in [1.29, 1.82) is 0 Å². The Kier molecular flexibility index (Phi) is 3.00. The number of aryl methyl sites for hydroxylation is 1. The molecule has 0 fully saturated rings. The fourth-order valence-electron chi connectivity index (χ4n) is 2.17. The van der Waals surface area contributed by atoms with Crippen LogP contribution in [0.1, 0.15) is 37.6 Å². The summed E-state index contributed by atoms with van der Waals surface area (Å²) in [6.45, 7) is 3.61. The summed E-state index contributed by atoms with van der Waals surface area (Å²) >= 11 is 0. The van der Waals surface area contributed by atoms with Gasteiger partial charge in [0.25, 0.3) is 5.56 Å². The predicted octanol–water partition coefficient (Wildman–Crippen LogP) is 1.01. The van der Waals surface area contributed by atoms with Crippen molar-refractivity contribution in [3.63, 3.8) is 0 Å². The molecule has 0 saturated heterocycles. The predicted molar refractivity (Wildman–Crippen MR) is 62.0 cm³/mol. The van der Waals surface area contributed by atoms with E-state index in [0.717, 1.165) is 35.2 Å². The average Bonchev–Trinajstić information content (AvgIpc) is 2.27. The van der Waals surface area contributed by atoms with Crippen LogP contribution in [0.2, 0.25) is 0 Å². The molecule has 0 aliphatic heterocycles. The first-order valence-electron chi connectivity index (χ1n) is 5.83. The van der Waals surface area contributed by atoms with Gasteiger partial charge >= 0.3 is 5.97 Å². The summed E-state index contributed by atoms with van der Waals surface area (Å²) in [6.07, 6.45) is 2.72. The number of rotatable bonds is 2. The molecule has 0 amide bonds. The highest BCUT2D eigenvalue weighted by Crippen LogP contribution is 2.22. The molecule has 1 aromatic rings. The summed E-state index contributed by atoms with van der Waals surface area (Å²) in [5.41, 5.74) is 1.52. The topological polar surface area (TPSA) is 72.2 Å². The summed E-state index contributed by atoms with van der Waals surface area (Å²) in [7, 11) is 0. The van der Waals surface area contributed by atoms with E-state index in [0.29, 0.717) is 5.92 Å². The van der Waals surface area contributed by atoms with E-state index in [1.165, 1.54) is 13.0 Å².